The summed E-state index contributed by atoms with van der Waals surface area (Å²) in [6.45, 7) is 2.05. The number of hydrogen-bond acceptors (Lipinski definition) is 5. The number of nitrogens with zero attached hydrogens (tertiary/aromatic N) is 3. The molecule has 0 unspecified atom stereocenters. The average molecular weight is 318 g/mol. The predicted molar refractivity (Wildman–Crippen MR) is 94.5 cm³/mol. The molecular weight excluding hydrogens is 300 g/mol. The Hall–Kier alpha value is -2.79. The van der Waals surface area contributed by atoms with Gasteiger partial charge in [0.15, 0.2) is 0 Å². The van der Waals surface area contributed by atoms with Crippen molar-refractivity contribution in [2.75, 3.05) is 13.1 Å². The van der Waals surface area contributed by atoms with Crippen molar-refractivity contribution in [3.05, 3.63) is 54.3 Å². The quantitative estimate of drug-likeness (QED) is 0.759. The summed E-state index contributed by atoms with van der Waals surface area (Å²) in [6.07, 6.45) is 11.2. The third-order valence-corrected chi connectivity index (χ3v) is 4.30. The lowest BCUT2D eigenvalue weighted by Crippen LogP contribution is -2.22. The number of phenolic OH excluding ortho intramolecular Hbond substituents is 1. The first-order valence-corrected chi connectivity index (χ1v) is 8.09. The van der Waals surface area contributed by atoms with E-state index < -0.39 is 0 Å². The highest BCUT2D eigenvalue weighted by atomic mass is 16.3. The van der Waals surface area contributed by atoms with Crippen LogP contribution >= 0.6 is 0 Å². The molecule has 2 aromatic heterocycles. The molecule has 0 aliphatic carbocycles. The van der Waals surface area contributed by atoms with Crippen LogP contribution in [-0.4, -0.2) is 33.1 Å². The summed E-state index contributed by atoms with van der Waals surface area (Å²) >= 11 is 0. The predicted octanol–water partition coefficient (Wildman–Crippen LogP) is 3.16. The lowest BCUT2D eigenvalue weighted by Gasteiger charge is -2.14. The number of piperidine rings is 1. The minimum Gasteiger partial charge on any atom is -0.507 e. The molecule has 1 fully saturated rings. The van der Waals surface area contributed by atoms with Gasteiger partial charge in [-0.15, -0.1) is 0 Å². The highest BCUT2D eigenvalue weighted by molar-refractivity contribution is 5.89. The molecule has 4 rings (SSSR count). The minimum atomic E-state index is 0.189. The third kappa shape index (κ3) is 2.98. The van der Waals surface area contributed by atoms with Crippen LogP contribution in [0, 0.1) is 0 Å². The fraction of sp³-hybridized carbons (Fsp3) is 0.211. The Morgan fingerprint density at radius 3 is 2.67 bits per heavy atom. The lowest BCUT2D eigenvalue weighted by atomic mass is 10.0. The second kappa shape index (κ2) is 6.37. The second-order valence-electron chi connectivity index (χ2n) is 5.97. The zero-order valence-corrected chi connectivity index (χ0v) is 13.2. The Bertz CT molecular complexity index is 895. The zero-order valence-electron chi connectivity index (χ0n) is 13.2. The highest BCUT2D eigenvalue weighted by Crippen LogP contribution is 2.31. The van der Waals surface area contributed by atoms with E-state index in [0.29, 0.717) is 11.3 Å². The van der Waals surface area contributed by atoms with Crippen LogP contribution in [0.5, 0.6) is 5.75 Å². The van der Waals surface area contributed by atoms with Crippen molar-refractivity contribution < 1.29 is 5.11 Å². The number of aromatic nitrogens is 3. The van der Waals surface area contributed by atoms with Gasteiger partial charge < -0.3 is 10.4 Å². The Balaban J connectivity index is 1.66. The molecule has 5 heteroatoms. The monoisotopic (exact) mass is 318 g/mol. The van der Waals surface area contributed by atoms with Gasteiger partial charge in [0.2, 0.25) is 0 Å². The van der Waals surface area contributed by atoms with Gasteiger partial charge in [0.1, 0.15) is 5.75 Å². The van der Waals surface area contributed by atoms with E-state index in [9.17, 15) is 5.11 Å². The number of hydrogen-bond donors (Lipinski definition) is 2. The number of fused-ring (bicyclic) bond motifs is 1. The van der Waals surface area contributed by atoms with Gasteiger partial charge in [-0.25, -0.2) is 0 Å². The fourth-order valence-corrected chi connectivity index (χ4v) is 2.98. The average Bonchev–Trinajstić information content (AvgIpc) is 2.63. The first-order valence-electron chi connectivity index (χ1n) is 8.09. The molecule has 1 aromatic carbocycles. The van der Waals surface area contributed by atoms with E-state index in [4.69, 9.17) is 0 Å². The molecule has 1 aliphatic heterocycles. The molecule has 120 valence electrons. The van der Waals surface area contributed by atoms with Crippen molar-refractivity contribution >= 4 is 16.8 Å². The summed E-state index contributed by atoms with van der Waals surface area (Å²) in [5, 5.41) is 15.5. The van der Waals surface area contributed by atoms with Crippen LogP contribution in [0.3, 0.4) is 0 Å². The summed E-state index contributed by atoms with van der Waals surface area (Å²) in [5.74, 6) is 0.189. The molecule has 0 amide bonds. The summed E-state index contributed by atoms with van der Waals surface area (Å²) in [5.41, 5.74) is 3.61. The van der Waals surface area contributed by atoms with Gasteiger partial charge in [-0.1, -0.05) is 5.57 Å². The Morgan fingerprint density at radius 1 is 1.00 bits per heavy atom. The summed E-state index contributed by atoms with van der Waals surface area (Å²) in [4.78, 5) is 13.0. The molecule has 3 aromatic rings. The van der Waals surface area contributed by atoms with Crippen molar-refractivity contribution in [1.82, 2.24) is 20.3 Å². The molecule has 0 saturated carbocycles. The Labute approximate surface area is 140 Å². The molecular formula is C19H18N4O. The molecule has 5 nitrogen and oxygen atoms in total. The molecule has 1 saturated heterocycles. The van der Waals surface area contributed by atoms with Crippen molar-refractivity contribution in [2.45, 2.75) is 12.8 Å². The van der Waals surface area contributed by atoms with E-state index in [0.717, 1.165) is 42.4 Å². The highest BCUT2D eigenvalue weighted by Gasteiger charge is 2.09. The van der Waals surface area contributed by atoms with E-state index in [-0.39, 0.29) is 5.75 Å². The van der Waals surface area contributed by atoms with Gasteiger partial charge in [0, 0.05) is 23.3 Å². The molecule has 0 bridgehead atoms. The van der Waals surface area contributed by atoms with E-state index >= 15 is 0 Å². The molecule has 24 heavy (non-hydrogen) atoms. The van der Waals surface area contributed by atoms with Crippen LogP contribution in [0.1, 0.15) is 18.5 Å². The maximum atomic E-state index is 10.3. The van der Waals surface area contributed by atoms with Crippen LogP contribution in [0.25, 0.3) is 28.1 Å². The smallest absolute Gasteiger partial charge is 0.125 e. The van der Waals surface area contributed by atoms with Gasteiger partial charge >= 0.3 is 0 Å². The van der Waals surface area contributed by atoms with Gasteiger partial charge in [0.25, 0.3) is 0 Å². The summed E-state index contributed by atoms with van der Waals surface area (Å²) in [7, 11) is 0. The molecule has 2 N–H and O–H groups in total. The second-order valence-corrected chi connectivity index (χ2v) is 5.97. The SMILES string of the molecule is Oc1cc2cnccc2cc1-c1cnc(C=C2CCNCC2)cn1. The molecule has 0 spiro atoms. The van der Waals surface area contributed by atoms with Crippen molar-refractivity contribution in [2.24, 2.45) is 0 Å². The van der Waals surface area contributed by atoms with Crippen molar-refractivity contribution in [3.8, 4) is 17.0 Å². The largest absolute Gasteiger partial charge is 0.507 e. The number of phenols is 1. The molecule has 0 atom stereocenters. The Morgan fingerprint density at radius 2 is 1.88 bits per heavy atom. The van der Waals surface area contributed by atoms with Gasteiger partial charge in [-0.05, 0) is 55.6 Å². The van der Waals surface area contributed by atoms with Gasteiger partial charge in [-0.2, -0.15) is 0 Å². The van der Waals surface area contributed by atoms with E-state index in [2.05, 4.69) is 26.3 Å². The number of aromatic hydroxyl groups is 1. The molecule has 3 heterocycles. The maximum Gasteiger partial charge on any atom is 0.125 e. The van der Waals surface area contributed by atoms with E-state index in [1.165, 1.54) is 5.57 Å². The number of nitrogens with one attached hydrogen (secondary N) is 1. The standard InChI is InChI=1S/C19H18N4O/c24-19-9-15-10-21-6-3-14(15)8-17(19)18-12-22-16(11-23-18)7-13-1-4-20-5-2-13/h3,6-12,20,24H,1-2,4-5H2. The van der Waals surface area contributed by atoms with Crippen LogP contribution in [0.15, 0.2) is 48.6 Å². The van der Waals surface area contributed by atoms with Crippen LogP contribution in [0.4, 0.5) is 0 Å². The van der Waals surface area contributed by atoms with Crippen molar-refractivity contribution in [3.63, 3.8) is 0 Å². The van der Waals surface area contributed by atoms with Crippen LogP contribution in [0.2, 0.25) is 0 Å². The number of rotatable bonds is 2. The number of benzene rings is 1. The normalized spacial score (nSPS) is 14.8. The first-order chi connectivity index (χ1) is 11.8. The van der Waals surface area contributed by atoms with E-state index in [1.807, 2.05) is 12.1 Å². The minimum absolute atomic E-state index is 0.189. The molecule has 0 radical (unpaired) electrons. The van der Waals surface area contributed by atoms with Gasteiger partial charge in [0.05, 0.1) is 23.8 Å². The Kier molecular flexibility index (Phi) is 3.92. The topological polar surface area (TPSA) is 70.9 Å². The first kappa shape index (κ1) is 14.8. The van der Waals surface area contributed by atoms with Crippen LogP contribution < -0.4 is 5.32 Å². The van der Waals surface area contributed by atoms with Gasteiger partial charge in [-0.3, -0.25) is 15.0 Å². The summed E-state index contributed by atoms with van der Waals surface area (Å²) in [6, 6.07) is 5.55. The lowest BCUT2D eigenvalue weighted by molar-refractivity contribution is 0.478. The molecule has 1 aliphatic rings. The third-order valence-electron chi connectivity index (χ3n) is 4.30. The van der Waals surface area contributed by atoms with Crippen molar-refractivity contribution in [1.29, 1.82) is 0 Å². The number of pyridine rings is 1. The maximum absolute atomic E-state index is 10.3. The fourth-order valence-electron chi connectivity index (χ4n) is 2.98. The summed E-state index contributed by atoms with van der Waals surface area (Å²) < 4.78 is 0. The van der Waals surface area contributed by atoms with Crippen LogP contribution in [-0.2, 0) is 0 Å². The zero-order chi connectivity index (χ0) is 16.4. The van der Waals surface area contributed by atoms with E-state index in [1.54, 1.807) is 30.9 Å².